The van der Waals surface area contributed by atoms with Crippen LogP contribution >= 0.6 is 11.8 Å². The van der Waals surface area contributed by atoms with E-state index in [2.05, 4.69) is 108 Å². The van der Waals surface area contributed by atoms with E-state index < -0.39 is 0 Å². The Bertz CT molecular complexity index is 936. The minimum Gasteiger partial charge on any atom is -0.314 e. The van der Waals surface area contributed by atoms with Gasteiger partial charge in [-0.25, -0.2) is 0 Å². The minimum absolute atomic E-state index is 0.376. The number of anilines is 2. The summed E-state index contributed by atoms with van der Waals surface area (Å²) >= 11 is 1.98. The number of para-hydroxylation sites is 2. The third-order valence-corrected chi connectivity index (χ3v) is 6.35. The molecule has 5 rings (SSSR count). The predicted molar refractivity (Wildman–Crippen MR) is 111 cm³/mol. The molecule has 0 saturated carbocycles. The highest BCUT2D eigenvalue weighted by atomic mass is 32.2. The van der Waals surface area contributed by atoms with E-state index in [9.17, 15) is 0 Å². The second-order valence-corrected chi connectivity index (χ2v) is 7.80. The fourth-order valence-electron chi connectivity index (χ4n) is 3.90. The van der Waals surface area contributed by atoms with Crippen molar-refractivity contribution in [3.05, 3.63) is 114 Å². The summed E-state index contributed by atoms with van der Waals surface area (Å²) in [6, 6.07) is 30.2. The number of allylic oxidation sites excluding steroid dienone is 3. The predicted octanol–water partition coefficient (Wildman–Crippen LogP) is 6.54. The fourth-order valence-corrected chi connectivity index (χ4v) is 5.27. The molecule has 2 aliphatic rings. The number of thioether (sulfide) groups is 1. The normalized spacial score (nSPS) is 20.2. The first-order valence-corrected chi connectivity index (χ1v) is 9.84. The minimum atomic E-state index is 0.376. The van der Waals surface area contributed by atoms with Gasteiger partial charge in [0.2, 0.25) is 0 Å². The monoisotopic (exact) mass is 353 g/mol. The molecule has 26 heavy (non-hydrogen) atoms. The summed E-state index contributed by atoms with van der Waals surface area (Å²) in [6.45, 7) is 0. The van der Waals surface area contributed by atoms with E-state index in [0.29, 0.717) is 11.2 Å². The Kier molecular flexibility index (Phi) is 3.91. The zero-order valence-corrected chi connectivity index (χ0v) is 15.1. The Morgan fingerprint density at radius 3 is 2.00 bits per heavy atom. The van der Waals surface area contributed by atoms with Crippen molar-refractivity contribution in [1.29, 1.82) is 0 Å². The lowest BCUT2D eigenvalue weighted by Crippen LogP contribution is -2.26. The molecule has 3 aromatic rings. The Morgan fingerprint density at radius 1 is 0.692 bits per heavy atom. The second kappa shape index (κ2) is 6.54. The van der Waals surface area contributed by atoms with Gasteiger partial charge in [-0.05, 0) is 42.0 Å². The summed E-state index contributed by atoms with van der Waals surface area (Å²) in [7, 11) is 0. The molecule has 2 heteroatoms. The van der Waals surface area contributed by atoms with Gasteiger partial charge in [0.15, 0.2) is 0 Å². The van der Waals surface area contributed by atoms with Crippen molar-refractivity contribution in [2.45, 2.75) is 16.1 Å². The van der Waals surface area contributed by atoms with Gasteiger partial charge in [-0.1, -0.05) is 66.7 Å². The van der Waals surface area contributed by atoms with Crippen LogP contribution in [0.2, 0.25) is 0 Å². The standard InChI is InChI=1S/C24H19NS/c1-3-10-18(11-4-1)25(19-12-5-2-6-13-19)21-15-9-17-23-24(21)20-14-7-8-16-22(20)26-23/h1-17,23-24H. The Hall–Kier alpha value is -2.71. The van der Waals surface area contributed by atoms with Crippen LogP contribution < -0.4 is 4.90 Å². The van der Waals surface area contributed by atoms with Crippen molar-refractivity contribution in [2.24, 2.45) is 0 Å². The molecular weight excluding hydrogens is 334 g/mol. The molecule has 0 aromatic heterocycles. The highest BCUT2D eigenvalue weighted by molar-refractivity contribution is 8.00. The van der Waals surface area contributed by atoms with Crippen LogP contribution in [-0.2, 0) is 0 Å². The molecule has 0 fully saturated rings. The smallest absolute Gasteiger partial charge is 0.0458 e. The maximum absolute atomic E-state index is 2.41. The Morgan fingerprint density at radius 2 is 1.31 bits per heavy atom. The molecule has 2 unspecified atom stereocenters. The van der Waals surface area contributed by atoms with Crippen LogP contribution in [0.15, 0.2) is 114 Å². The van der Waals surface area contributed by atoms with E-state index in [1.165, 1.54) is 27.5 Å². The van der Waals surface area contributed by atoms with Gasteiger partial charge in [-0.15, -0.1) is 11.8 Å². The van der Waals surface area contributed by atoms with E-state index in [4.69, 9.17) is 0 Å². The van der Waals surface area contributed by atoms with Crippen molar-refractivity contribution in [1.82, 2.24) is 0 Å². The van der Waals surface area contributed by atoms with Gasteiger partial charge in [0.25, 0.3) is 0 Å². The van der Waals surface area contributed by atoms with Crippen molar-refractivity contribution >= 4 is 23.1 Å². The lowest BCUT2D eigenvalue weighted by Gasteiger charge is -2.34. The summed E-state index contributed by atoms with van der Waals surface area (Å²) in [6.07, 6.45) is 6.84. The SMILES string of the molecule is C1=CC2Sc3ccccc3C2C(N(c2ccccc2)c2ccccc2)=C1. The summed E-state index contributed by atoms with van der Waals surface area (Å²) < 4.78 is 0. The van der Waals surface area contributed by atoms with Gasteiger partial charge in [-0.3, -0.25) is 0 Å². The van der Waals surface area contributed by atoms with Crippen molar-refractivity contribution in [3.63, 3.8) is 0 Å². The molecular formula is C24H19NS. The summed E-state index contributed by atoms with van der Waals surface area (Å²) in [5.41, 5.74) is 5.18. The highest BCUT2D eigenvalue weighted by Gasteiger charge is 2.38. The zero-order valence-electron chi connectivity index (χ0n) is 14.3. The molecule has 1 aliphatic heterocycles. The maximum atomic E-state index is 2.41. The van der Waals surface area contributed by atoms with Crippen LogP contribution in [-0.4, -0.2) is 5.25 Å². The van der Waals surface area contributed by atoms with Gasteiger partial charge >= 0.3 is 0 Å². The molecule has 2 atom stereocenters. The third kappa shape index (κ3) is 2.58. The van der Waals surface area contributed by atoms with E-state index in [-0.39, 0.29) is 0 Å². The van der Waals surface area contributed by atoms with Crippen LogP contribution in [0.4, 0.5) is 11.4 Å². The van der Waals surface area contributed by atoms with E-state index >= 15 is 0 Å². The molecule has 126 valence electrons. The first kappa shape index (κ1) is 15.5. The van der Waals surface area contributed by atoms with E-state index in [1.54, 1.807) is 0 Å². The van der Waals surface area contributed by atoms with Gasteiger partial charge < -0.3 is 4.90 Å². The largest absolute Gasteiger partial charge is 0.314 e. The van der Waals surface area contributed by atoms with Gasteiger partial charge in [0.1, 0.15) is 0 Å². The number of hydrogen-bond acceptors (Lipinski definition) is 2. The lowest BCUT2D eigenvalue weighted by molar-refractivity contribution is 0.795. The van der Waals surface area contributed by atoms with Crippen LogP contribution in [0.1, 0.15) is 11.5 Å². The molecule has 0 saturated heterocycles. The van der Waals surface area contributed by atoms with Gasteiger partial charge in [0.05, 0.1) is 0 Å². The summed E-state index contributed by atoms with van der Waals surface area (Å²) in [5.74, 6) is 0.376. The third-order valence-electron chi connectivity index (χ3n) is 5.02. The fraction of sp³-hybridized carbons (Fsp3) is 0.0833. The van der Waals surface area contributed by atoms with Crippen molar-refractivity contribution in [2.75, 3.05) is 4.90 Å². The maximum Gasteiger partial charge on any atom is 0.0458 e. The molecule has 0 amide bonds. The van der Waals surface area contributed by atoms with Crippen LogP contribution in [0.3, 0.4) is 0 Å². The number of benzene rings is 3. The first-order chi connectivity index (χ1) is 12.9. The van der Waals surface area contributed by atoms with Gasteiger partial charge in [0, 0.05) is 33.1 Å². The Balaban J connectivity index is 1.67. The summed E-state index contributed by atoms with van der Waals surface area (Å²) in [5, 5.41) is 0.460. The van der Waals surface area contributed by atoms with Crippen molar-refractivity contribution < 1.29 is 0 Å². The molecule has 1 heterocycles. The number of hydrogen-bond donors (Lipinski definition) is 0. The number of fused-ring (bicyclic) bond motifs is 3. The van der Waals surface area contributed by atoms with E-state index in [1.807, 2.05) is 11.8 Å². The first-order valence-electron chi connectivity index (χ1n) is 8.96. The van der Waals surface area contributed by atoms with Crippen LogP contribution in [0.5, 0.6) is 0 Å². The van der Waals surface area contributed by atoms with Crippen LogP contribution in [0.25, 0.3) is 0 Å². The quantitative estimate of drug-likeness (QED) is 0.526. The zero-order chi connectivity index (χ0) is 17.3. The lowest BCUT2D eigenvalue weighted by atomic mass is 9.88. The average Bonchev–Trinajstić information content (AvgIpc) is 3.09. The molecule has 0 bridgehead atoms. The van der Waals surface area contributed by atoms with E-state index in [0.717, 1.165) is 0 Å². The average molecular weight is 353 g/mol. The topological polar surface area (TPSA) is 3.24 Å². The molecule has 0 spiro atoms. The van der Waals surface area contributed by atoms with Gasteiger partial charge in [-0.2, -0.15) is 0 Å². The molecule has 0 radical (unpaired) electrons. The summed E-state index contributed by atoms with van der Waals surface area (Å²) in [4.78, 5) is 3.81. The molecule has 1 aliphatic carbocycles. The Labute approximate surface area is 158 Å². The van der Waals surface area contributed by atoms with Crippen molar-refractivity contribution in [3.8, 4) is 0 Å². The van der Waals surface area contributed by atoms with Crippen LogP contribution in [0, 0.1) is 0 Å². The number of rotatable bonds is 3. The molecule has 3 aromatic carbocycles. The molecule has 0 N–H and O–H groups in total. The second-order valence-electron chi connectivity index (χ2n) is 6.58. The number of nitrogens with zero attached hydrogens (tertiary/aromatic N) is 1. The highest BCUT2D eigenvalue weighted by Crippen LogP contribution is 2.52. The molecule has 1 nitrogen and oxygen atoms in total.